The second-order valence-electron chi connectivity index (χ2n) is 5.43. The summed E-state index contributed by atoms with van der Waals surface area (Å²) in [5.74, 6) is 0.529. The van der Waals surface area contributed by atoms with E-state index in [-0.39, 0.29) is 17.3 Å². The van der Waals surface area contributed by atoms with Crippen molar-refractivity contribution in [3.8, 4) is 11.5 Å². The van der Waals surface area contributed by atoms with Gasteiger partial charge in [0.05, 0.1) is 11.6 Å². The van der Waals surface area contributed by atoms with E-state index in [1.165, 1.54) is 12.1 Å². The second-order valence-corrected chi connectivity index (χ2v) is 6.59. The zero-order valence-corrected chi connectivity index (χ0v) is 13.1. The average Bonchev–Trinajstić information content (AvgIpc) is 2.75. The summed E-state index contributed by atoms with van der Waals surface area (Å²) in [4.78, 5) is 4.31. The summed E-state index contributed by atoms with van der Waals surface area (Å²) in [7, 11) is 0. The molecule has 1 aromatic heterocycles. The first kappa shape index (κ1) is 14.4. The lowest BCUT2D eigenvalue weighted by Crippen LogP contribution is -2.27. The Morgan fingerprint density at radius 3 is 2.63 bits per heavy atom. The summed E-state index contributed by atoms with van der Waals surface area (Å²) in [5.41, 5.74) is 6.63. The van der Waals surface area contributed by atoms with Crippen LogP contribution >= 0.6 is 22.6 Å². The van der Waals surface area contributed by atoms with E-state index >= 15 is 0 Å². The maximum atomic E-state index is 13.1. The molecule has 0 fully saturated rings. The van der Waals surface area contributed by atoms with Gasteiger partial charge in [-0.25, -0.2) is 4.39 Å². The van der Waals surface area contributed by atoms with Crippen LogP contribution in [0.5, 0.6) is 0 Å². The predicted octanol–water partition coefficient (Wildman–Crippen LogP) is 3.53. The minimum absolute atomic E-state index is 0.156. The molecule has 102 valence electrons. The molecule has 0 spiro atoms. The number of hydrogen-bond acceptors (Lipinski definition) is 4. The fourth-order valence-corrected chi connectivity index (χ4v) is 2.23. The van der Waals surface area contributed by atoms with Crippen molar-refractivity contribution in [1.82, 2.24) is 10.1 Å². The molecule has 6 heteroatoms. The Balaban J connectivity index is 2.36. The lowest BCUT2D eigenvalue weighted by Gasteiger charge is -2.23. The lowest BCUT2D eigenvalue weighted by atomic mass is 9.87. The molecule has 2 rings (SSSR count). The minimum atomic E-state index is -0.317. The maximum absolute atomic E-state index is 13.1. The third-order valence-corrected chi connectivity index (χ3v) is 3.71. The van der Waals surface area contributed by atoms with Crippen molar-refractivity contribution in [1.29, 1.82) is 0 Å². The number of aromatic nitrogens is 2. The summed E-state index contributed by atoms with van der Waals surface area (Å²) in [6.07, 6.45) is 0. The first-order valence-electron chi connectivity index (χ1n) is 5.83. The first-order valence-corrected chi connectivity index (χ1v) is 6.91. The van der Waals surface area contributed by atoms with Gasteiger partial charge in [0.1, 0.15) is 5.82 Å². The van der Waals surface area contributed by atoms with Crippen LogP contribution in [0.2, 0.25) is 0 Å². The van der Waals surface area contributed by atoms with Crippen molar-refractivity contribution in [3.05, 3.63) is 33.4 Å². The number of benzene rings is 1. The average molecular weight is 375 g/mol. The van der Waals surface area contributed by atoms with Crippen molar-refractivity contribution >= 4 is 22.6 Å². The monoisotopic (exact) mass is 375 g/mol. The van der Waals surface area contributed by atoms with E-state index in [9.17, 15) is 4.39 Å². The predicted molar refractivity (Wildman–Crippen MR) is 78.8 cm³/mol. The smallest absolute Gasteiger partial charge is 0.259 e. The Morgan fingerprint density at radius 1 is 1.37 bits per heavy atom. The molecule has 0 saturated heterocycles. The Kier molecular flexibility index (Phi) is 3.91. The first-order chi connectivity index (χ1) is 8.79. The quantitative estimate of drug-likeness (QED) is 0.816. The Bertz CT molecular complexity index is 592. The molecule has 0 bridgehead atoms. The lowest BCUT2D eigenvalue weighted by molar-refractivity contribution is 0.303. The van der Waals surface area contributed by atoms with Gasteiger partial charge in [0.2, 0.25) is 0 Å². The van der Waals surface area contributed by atoms with Crippen molar-refractivity contribution in [3.63, 3.8) is 0 Å². The van der Waals surface area contributed by atoms with Gasteiger partial charge in [0, 0.05) is 3.57 Å². The zero-order valence-electron chi connectivity index (χ0n) is 10.9. The molecule has 1 unspecified atom stereocenters. The third-order valence-electron chi connectivity index (χ3n) is 2.81. The van der Waals surface area contributed by atoms with Gasteiger partial charge in [0.15, 0.2) is 5.82 Å². The standard InChI is InChI=1S/C13H15FIN3O/c1-13(2,3)10(16)11-17-12(19-18-11)8-5-4-7(14)6-9(8)15/h4-6,10H,16H2,1-3H3. The van der Waals surface area contributed by atoms with Crippen LogP contribution in [0, 0.1) is 14.8 Å². The molecule has 4 nitrogen and oxygen atoms in total. The summed E-state index contributed by atoms with van der Waals surface area (Å²) < 4.78 is 19.0. The molecule has 0 aliphatic rings. The summed E-state index contributed by atoms with van der Waals surface area (Å²) in [5, 5.41) is 3.91. The second kappa shape index (κ2) is 5.16. The van der Waals surface area contributed by atoms with Crippen molar-refractivity contribution in [2.45, 2.75) is 26.8 Å². The van der Waals surface area contributed by atoms with E-state index in [0.717, 1.165) is 3.57 Å². The molecule has 0 aliphatic heterocycles. The topological polar surface area (TPSA) is 64.9 Å². The third kappa shape index (κ3) is 3.11. The van der Waals surface area contributed by atoms with Gasteiger partial charge in [-0.15, -0.1) is 0 Å². The van der Waals surface area contributed by atoms with Crippen LogP contribution in [0.4, 0.5) is 4.39 Å². The van der Waals surface area contributed by atoms with Gasteiger partial charge in [-0.3, -0.25) is 0 Å². The van der Waals surface area contributed by atoms with Gasteiger partial charge in [-0.1, -0.05) is 25.9 Å². The molecular formula is C13H15FIN3O. The van der Waals surface area contributed by atoms with Gasteiger partial charge in [-0.2, -0.15) is 4.98 Å². The van der Waals surface area contributed by atoms with Crippen LogP contribution in [0.1, 0.15) is 32.6 Å². The molecule has 1 aromatic carbocycles. The SMILES string of the molecule is CC(C)(C)C(N)c1noc(-c2ccc(F)cc2I)n1. The van der Waals surface area contributed by atoms with E-state index in [0.29, 0.717) is 17.3 Å². The molecule has 0 radical (unpaired) electrons. The number of nitrogens with two attached hydrogens (primary N) is 1. The highest BCUT2D eigenvalue weighted by Gasteiger charge is 2.27. The van der Waals surface area contributed by atoms with Crippen LogP contribution in [-0.4, -0.2) is 10.1 Å². The highest BCUT2D eigenvalue weighted by Crippen LogP contribution is 2.31. The molecular weight excluding hydrogens is 360 g/mol. The number of rotatable bonds is 2. The van der Waals surface area contributed by atoms with Crippen molar-refractivity contribution < 1.29 is 8.91 Å². The molecule has 0 aliphatic carbocycles. The number of halogens is 2. The van der Waals surface area contributed by atoms with Crippen molar-refractivity contribution in [2.75, 3.05) is 0 Å². The van der Waals surface area contributed by atoms with E-state index in [4.69, 9.17) is 10.3 Å². The van der Waals surface area contributed by atoms with Crippen LogP contribution in [0.15, 0.2) is 22.7 Å². The van der Waals surface area contributed by atoms with E-state index in [2.05, 4.69) is 10.1 Å². The summed E-state index contributed by atoms with van der Waals surface area (Å²) in [6, 6.07) is 4.09. The van der Waals surface area contributed by atoms with Gasteiger partial charge < -0.3 is 10.3 Å². The van der Waals surface area contributed by atoms with E-state index in [1.54, 1.807) is 6.07 Å². The summed E-state index contributed by atoms with van der Waals surface area (Å²) >= 11 is 2.03. The van der Waals surface area contributed by atoms with Crippen LogP contribution in [-0.2, 0) is 0 Å². The van der Waals surface area contributed by atoms with Gasteiger partial charge in [0.25, 0.3) is 5.89 Å². The van der Waals surface area contributed by atoms with E-state index < -0.39 is 0 Å². The highest BCUT2D eigenvalue weighted by atomic mass is 127. The van der Waals surface area contributed by atoms with E-state index in [1.807, 2.05) is 43.4 Å². The van der Waals surface area contributed by atoms with Crippen molar-refractivity contribution in [2.24, 2.45) is 11.1 Å². The fourth-order valence-electron chi connectivity index (χ4n) is 1.52. The normalized spacial score (nSPS) is 13.6. The fraction of sp³-hybridized carbons (Fsp3) is 0.385. The molecule has 2 N–H and O–H groups in total. The van der Waals surface area contributed by atoms with Crippen LogP contribution < -0.4 is 5.73 Å². The molecule has 1 heterocycles. The minimum Gasteiger partial charge on any atom is -0.334 e. The Hall–Kier alpha value is -1.02. The molecule has 0 saturated carbocycles. The maximum Gasteiger partial charge on any atom is 0.259 e. The number of nitrogens with zero attached hydrogens (tertiary/aromatic N) is 2. The Morgan fingerprint density at radius 2 is 2.05 bits per heavy atom. The van der Waals surface area contributed by atoms with Crippen LogP contribution in [0.3, 0.4) is 0 Å². The molecule has 1 atom stereocenters. The molecule has 0 amide bonds. The van der Waals surface area contributed by atoms with Gasteiger partial charge >= 0.3 is 0 Å². The molecule has 19 heavy (non-hydrogen) atoms. The van der Waals surface area contributed by atoms with Crippen LogP contribution in [0.25, 0.3) is 11.5 Å². The Labute approximate surface area is 124 Å². The number of hydrogen-bond donors (Lipinski definition) is 1. The van der Waals surface area contributed by atoms with Gasteiger partial charge in [-0.05, 0) is 46.2 Å². The largest absolute Gasteiger partial charge is 0.334 e. The summed E-state index contributed by atoms with van der Waals surface area (Å²) in [6.45, 7) is 6.03. The zero-order chi connectivity index (χ0) is 14.2. The highest BCUT2D eigenvalue weighted by molar-refractivity contribution is 14.1. The molecule has 2 aromatic rings.